The van der Waals surface area contributed by atoms with Gasteiger partial charge < -0.3 is 10.0 Å². The summed E-state index contributed by atoms with van der Waals surface area (Å²) in [6.07, 6.45) is 2.95. The zero-order valence-corrected chi connectivity index (χ0v) is 11.5. The lowest BCUT2D eigenvalue weighted by atomic mass is 10.1. The predicted molar refractivity (Wildman–Crippen MR) is 74.5 cm³/mol. The molecule has 1 rings (SSSR count). The Labute approximate surface area is 117 Å². The van der Waals surface area contributed by atoms with Gasteiger partial charge in [0.2, 0.25) is 5.91 Å². The lowest BCUT2D eigenvalue weighted by Crippen LogP contribution is -2.35. The van der Waals surface area contributed by atoms with Gasteiger partial charge in [0, 0.05) is 19.2 Å². The van der Waals surface area contributed by atoms with Crippen molar-refractivity contribution in [1.29, 1.82) is 0 Å². The highest BCUT2D eigenvalue weighted by molar-refractivity contribution is 5.92. The van der Waals surface area contributed by atoms with Gasteiger partial charge in [-0.25, -0.2) is 4.39 Å². The number of rotatable bonds is 6. The van der Waals surface area contributed by atoms with Crippen LogP contribution in [0.25, 0.3) is 6.08 Å². The smallest absolute Gasteiger partial charge is 0.308 e. The third-order valence-electron chi connectivity index (χ3n) is 2.90. The van der Waals surface area contributed by atoms with Crippen LogP contribution in [-0.4, -0.2) is 35.0 Å². The molecule has 0 bridgehead atoms. The molecule has 1 aromatic rings. The maximum atomic E-state index is 12.7. The van der Waals surface area contributed by atoms with Crippen LogP contribution >= 0.6 is 0 Å². The van der Waals surface area contributed by atoms with Crippen molar-refractivity contribution < 1.29 is 19.1 Å². The van der Waals surface area contributed by atoms with E-state index < -0.39 is 11.9 Å². The molecule has 0 saturated heterocycles. The summed E-state index contributed by atoms with van der Waals surface area (Å²) in [6.45, 7) is 3.95. The molecule has 1 N–H and O–H groups in total. The molecule has 0 aliphatic carbocycles. The highest BCUT2D eigenvalue weighted by Gasteiger charge is 2.17. The van der Waals surface area contributed by atoms with Gasteiger partial charge in [0.05, 0.1) is 5.92 Å². The third-order valence-corrected chi connectivity index (χ3v) is 2.90. The molecule has 5 heteroatoms. The highest BCUT2D eigenvalue weighted by atomic mass is 19.1. The summed E-state index contributed by atoms with van der Waals surface area (Å²) in [6, 6.07) is 5.76. The Kier molecular flexibility index (Phi) is 5.90. The van der Waals surface area contributed by atoms with Crippen LogP contribution in [0, 0.1) is 11.7 Å². The molecule has 0 heterocycles. The van der Waals surface area contributed by atoms with E-state index in [4.69, 9.17) is 5.11 Å². The molecule has 108 valence electrons. The average Bonchev–Trinajstić information content (AvgIpc) is 2.43. The first kappa shape index (κ1) is 15.9. The molecule has 20 heavy (non-hydrogen) atoms. The van der Waals surface area contributed by atoms with Crippen molar-refractivity contribution in [3.8, 4) is 0 Å². The van der Waals surface area contributed by atoms with E-state index in [-0.39, 0.29) is 18.3 Å². The van der Waals surface area contributed by atoms with Crippen molar-refractivity contribution in [1.82, 2.24) is 4.90 Å². The van der Waals surface area contributed by atoms with E-state index in [1.165, 1.54) is 23.1 Å². The Morgan fingerprint density at radius 1 is 1.35 bits per heavy atom. The fourth-order valence-corrected chi connectivity index (χ4v) is 1.63. The number of hydrogen-bond donors (Lipinski definition) is 1. The fourth-order valence-electron chi connectivity index (χ4n) is 1.63. The molecule has 0 aromatic heterocycles. The summed E-state index contributed by atoms with van der Waals surface area (Å²) >= 11 is 0. The molecular weight excluding hydrogens is 261 g/mol. The summed E-state index contributed by atoms with van der Waals surface area (Å²) < 4.78 is 12.7. The number of likely N-dealkylation sites (N-methyl/N-ethyl adjacent to an activating group) is 1. The minimum atomic E-state index is -0.932. The number of carbonyl (C=O) groups is 2. The zero-order valence-electron chi connectivity index (χ0n) is 11.5. The van der Waals surface area contributed by atoms with E-state index in [1.807, 2.05) is 0 Å². The monoisotopic (exact) mass is 279 g/mol. The number of benzene rings is 1. The van der Waals surface area contributed by atoms with Gasteiger partial charge in [-0.2, -0.15) is 0 Å². The Morgan fingerprint density at radius 3 is 2.45 bits per heavy atom. The van der Waals surface area contributed by atoms with E-state index in [1.54, 1.807) is 32.1 Å². The van der Waals surface area contributed by atoms with Crippen molar-refractivity contribution in [2.75, 3.05) is 13.1 Å². The standard InChI is InChI=1S/C15H18FNO3/c1-3-17(10-11(2)15(19)20)14(18)9-6-12-4-7-13(16)8-5-12/h4-9,11H,3,10H2,1-2H3,(H,19,20)/b9-6+. The average molecular weight is 279 g/mol. The number of hydrogen-bond acceptors (Lipinski definition) is 2. The van der Waals surface area contributed by atoms with Gasteiger partial charge in [-0.05, 0) is 30.7 Å². The molecule has 1 atom stereocenters. The van der Waals surface area contributed by atoms with Crippen LogP contribution in [0.3, 0.4) is 0 Å². The molecule has 1 unspecified atom stereocenters. The molecule has 0 aliphatic rings. The minimum Gasteiger partial charge on any atom is -0.481 e. The van der Waals surface area contributed by atoms with E-state index in [0.717, 1.165) is 0 Å². The van der Waals surface area contributed by atoms with Gasteiger partial charge in [0.15, 0.2) is 0 Å². The minimum absolute atomic E-state index is 0.165. The number of amides is 1. The predicted octanol–water partition coefficient (Wildman–Crippen LogP) is 2.41. The molecule has 0 aliphatic heterocycles. The first-order chi connectivity index (χ1) is 9.43. The molecule has 1 amide bonds. The molecule has 1 aromatic carbocycles. The van der Waals surface area contributed by atoms with Gasteiger partial charge in [-0.3, -0.25) is 9.59 Å². The van der Waals surface area contributed by atoms with Crippen LogP contribution in [-0.2, 0) is 9.59 Å². The second-order valence-electron chi connectivity index (χ2n) is 4.50. The largest absolute Gasteiger partial charge is 0.481 e. The summed E-state index contributed by atoms with van der Waals surface area (Å²) in [5, 5.41) is 8.85. The number of aliphatic carboxylic acids is 1. The van der Waals surface area contributed by atoms with Gasteiger partial charge in [-0.15, -0.1) is 0 Å². The SMILES string of the molecule is CCN(CC(C)C(=O)O)C(=O)/C=C/c1ccc(F)cc1. The second-order valence-corrected chi connectivity index (χ2v) is 4.50. The van der Waals surface area contributed by atoms with E-state index in [9.17, 15) is 14.0 Å². The number of halogens is 1. The van der Waals surface area contributed by atoms with E-state index in [2.05, 4.69) is 0 Å². The maximum Gasteiger partial charge on any atom is 0.308 e. The number of carbonyl (C=O) groups excluding carboxylic acids is 1. The normalized spacial score (nSPS) is 12.3. The fraction of sp³-hybridized carbons (Fsp3) is 0.333. The molecule has 4 nitrogen and oxygen atoms in total. The molecule has 0 saturated carbocycles. The Bertz CT molecular complexity index is 496. The number of carboxylic acids is 1. The summed E-state index contributed by atoms with van der Waals surface area (Å²) in [5.41, 5.74) is 0.710. The van der Waals surface area contributed by atoms with Crippen molar-refractivity contribution in [2.24, 2.45) is 5.92 Å². The molecule has 0 spiro atoms. The maximum absolute atomic E-state index is 12.7. The lowest BCUT2D eigenvalue weighted by Gasteiger charge is -2.21. The van der Waals surface area contributed by atoms with Crippen molar-refractivity contribution in [3.05, 3.63) is 41.7 Å². The van der Waals surface area contributed by atoms with E-state index in [0.29, 0.717) is 12.1 Å². The van der Waals surface area contributed by atoms with Gasteiger partial charge in [-0.1, -0.05) is 19.1 Å². The molecule has 0 radical (unpaired) electrons. The van der Waals surface area contributed by atoms with Gasteiger partial charge >= 0.3 is 5.97 Å². The quantitative estimate of drug-likeness (QED) is 0.813. The van der Waals surface area contributed by atoms with Crippen molar-refractivity contribution >= 4 is 18.0 Å². The van der Waals surface area contributed by atoms with Gasteiger partial charge in [0.1, 0.15) is 5.82 Å². The van der Waals surface area contributed by atoms with Crippen LogP contribution in [0.1, 0.15) is 19.4 Å². The Hall–Kier alpha value is -2.17. The Morgan fingerprint density at radius 2 is 1.95 bits per heavy atom. The molecular formula is C15H18FNO3. The van der Waals surface area contributed by atoms with Crippen LogP contribution < -0.4 is 0 Å². The van der Waals surface area contributed by atoms with Crippen molar-refractivity contribution in [3.63, 3.8) is 0 Å². The third kappa shape index (κ3) is 4.84. The molecule has 0 fully saturated rings. The highest BCUT2D eigenvalue weighted by Crippen LogP contribution is 2.06. The van der Waals surface area contributed by atoms with Gasteiger partial charge in [0.25, 0.3) is 0 Å². The van der Waals surface area contributed by atoms with E-state index >= 15 is 0 Å². The zero-order chi connectivity index (χ0) is 15.1. The first-order valence-electron chi connectivity index (χ1n) is 6.39. The first-order valence-corrected chi connectivity index (χ1v) is 6.39. The van der Waals surface area contributed by atoms with Crippen LogP contribution in [0.5, 0.6) is 0 Å². The lowest BCUT2D eigenvalue weighted by molar-refractivity contribution is -0.142. The van der Waals surface area contributed by atoms with Crippen LogP contribution in [0.15, 0.2) is 30.3 Å². The second kappa shape index (κ2) is 7.43. The van der Waals surface area contributed by atoms with Crippen molar-refractivity contribution in [2.45, 2.75) is 13.8 Å². The van der Waals surface area contributed by atoms with Crippen LogP contribution in [0.4, 0.5) is 4.39 Å². The number of nitrogens with zero attached hydrogens (tertiary/aromatic N) is 1. The summed E-state index contributed by atoms with van der Waals surface area (Å²) in [7, 11) is 0. The topological polar surface area (TPSA) is 57.6 Å². The number of carboxylic acid groups (broad SMARTS) is 1. The summed E-state index contributed by atoms with van der Waals surface area (Å²) in [4.78, 5) is 24.2. The van der Waals surface area contributed by atoms with Crippen LogP contribution in [0.2, 0.25) is 0 Å². The summed E-state index contributed by atoms with van der Waals surface area (Å²) in [5.74, 6) is -2.14. The Balaban J connectivity index is 2.67.